The van der Waals surface area contributed by atoms with E-state index in [2.05, 4.69) is 19.1 Å². The van der Waals surface area contributed by atoms with Crippen molar-refractivity contribution < 1.29 is 33.5 Å². The van der Waals surface area contributed by atoms with Gasteiger partial charge in [0.2, 0.25) is 0 Å². The molecule has 0 aromatic rings. The van der Waals surface area contributed by atoms with E-state index in [0.29, 0.717) is 72.7 Å². The Balaban J connectivity index is 3.05. The third-order valence-corrected chi connectivity index (χ3v) is 6.90. The number of aliphatic hydroxyl groups excluding tert-OH is 1. The molecule has 0 aliphatic rings. The number of rotatable bonds is 37. The summed E-state index contributed by atoms with van der Waals surface area (Å²) in [4.78, 5) is 0. The number of ether oxygens (including phenoxy) is 6. The molecule has 0 unspecified atom stereocenters. The van der Waals surface area contributed by atoms with Gasteiger partial charge in [0.15, 0.2) is 0 Å². The molecule has 0 atom stereocenters. The van der Waals surface area contributed by atoms with E-state index in [0.717, 1.165) is 13.0 Å². The summed E-state index contributed by atoms with van der Waals surface area (Å²) < 4.78 is 32.6. The molecule has 1 N–H and O–H groups in total. The van der Waals surface area contributed by atoms with Gasteiger partial charge in [0.25, 0.3) is 0 Å². The number of hydrogen-bond acceptors (Lipinski definition) is 7. The smallest absolute Gasteiger partial charge is 0.0701 e. The number of allylic oxidation sites excluding steroid dienone is 2. The molecule has 0 rings (SSSR count). The van der Waals surface area contributed by atoms with Crippen molar-refractivity contribution in [2.24, 2.45) is 0 Å². The van der Waals surface area contributed by atoms with Crippen molar-refractivity contribution in [1.82, 2.24) is 0 Å². The van der Waals surface area contributed by atoms with Crippen molar-refractivity contribution in [2.45, 2.75) is 122 Å². The molecule has 0 bridgehead atoms. The van der Waals surface area contributed by atoms with Gasteiger partial charge in [-0.15, -0.1) is 0 Å². The van der Waals surface area contributed by atoms with E-state index < -0.39 is 0 Å². The first-order valence-electron chi connectivity index (χ1n) is 17.1. The van der Waals surface area contributed by atoms with E-state index in [-0.39, 0.29) is 6.61 Å². The van der Waals surface area contributed by atoms with Crippen molar-refractivity contribution >= 4 is 0 Å². The molecule has 0 radical (unpaired) electrons. The van der Waals surface area contributed by atoms with Crippen LogP contribution in [0.5, 0.6) is 0 Å². The second kappa shape index (κ2) is 39.5. The monoisotopic (exact) mass is 588 g/mol. The van der Waals surface area contributed by atoms with Gasteiger partial charge in [-0.1, -0.05) is 103 Å². The maximum Gasteiger partial charge on any atom is 0.0701 e. The molecule has 7 heteroatoms. The van der Waals surface area contributed by atoms with Crippen molar-refractivity contribution in [3.05, 3.63) is 12.2 Å². The minimum absolute atomic E-state index is 0.0423. The Morgan fingerprint density at radius 3 is 1.00 bits per heavy atom. The van der Waals surface area contributed by atoms with Crippen LogP contribution in [0.4, 0.5) is 0 Å². The fourth-order valence-electron chi connectivity index (χ4n) is 4.42. The van der Waals surface area contributed by atoms with Crippen LogP contribution < -0.4 is 0 Å². The van der Waals surface area contributed by atoms with E-state index in [1.54, 1.807) is 0 Å². The van der Waals surface area contributed by atoms with E-state index in [4.69, 9.17) is 33.5 Å². The fraction of sp³-hybridized carbons (Fsp3) is 0.941. The molecule has 0 aromatic heterocycles. The SMILES string of the molecule is CCCCCCCC/C=C\CCCCCCCCCCCCOCCOCCOCCOCCOCCOCCO. The topological polar surface area (TPSA) is 75.6 Å². The zero-order valence-corrected chi connectivity index (χ0v) is 27.0. The first-order chi connectivity index (χ1) is 20.4. The second-order valence-corrected chi connectivity index (χ2v) is 10.7. The lowest BCUT2D eigenvalue weighted by Gasteiger charge is -2.08. The highest BCUT2D eigenvalue weighted by Crippen LogP contribution is 2.12. The Bertz CT molecular complexity index is 476. The van der Waals surface area contributed by atoms with Crippen LogP contribution >= 0.6 is 0 Å². The summed E-state index contributed by atoms with van der Waals surface area (Å²) >= 11 is 0. The zero-order chi connectivity index (χ0) is 29.6. The third-order valence-electron chi connectivity index (χ3n) is 6.90. The van der Waals surface area contributed by atoms with Crippen LogP contribution in [0, 0.1) is 0 Å². The van der Waals surface area contributed by atoms with Gasteiger partial charge in [-0.05, 0) is 32.1 Å². The Kier molecular flexibility index (Phi) is 38.9. The molecule has 246 valence electrons. The van der Waals surface area contributed by atoms with Gasteiger partial charge in [-0.25, -0.2) is 0 Å². The summed E-state index contributed by atoms with van der Waals surface area (Å²) in [7, 11) is 0. The van der Waals surface area contributed by atoms with Gasteiger partial charge in [0.05, 0.1) is 79.3 Å². The molecule has 0 fully saturated rings. The molecule has 0 aromatic carbocycles. The quantitative estimate of drug-likeness (QED) is 0.0589. The lowest BCUT2D eigenvalue weighted by molar-refractivity contribution is -0.0182. The Morgan fingerprint density at radius 2 is 0.634 bits per heavy atom. The summed E-state index contributed by atoms with van der Waals surface area (Å²) in [6.45, 7) is 9.11. The van der Waals surface area contributed by atoms with E-state index in [9.17, 15) is 0 Å². The van der Waals surface area contributed by atoms with Crippen molar-refractivity contribution in [3.8, 4) is 0 Å². The Morgan fingerprint density at radius 1 is 0.341 bits per heavy atom. The maximum absolute atomic E-state index is 8.58. The van der Waals surface area contributed by atoms with Crippen LogP contribution in [0.1, 0.15) is 122 Å². The summed E-state index contributed by atoms with van der Waals surface area (Å²) in [5.74, 6) is 0. The molecular weight excluding hydrogens is 520 g/mol. The van der Waals surface area contributed by atoms with Crippen molar-refractivity contribution in [3.63, 3.8) is 0 Å². The molecule has 0 heterocycles. The highest BCUT2D eigenvalue weighted by atomic mass is 16.6. The highest BCUT2D eigenvalue weighted by molar-refractivity contribution is 4.81. The highest BCUT2D eigenvalue weighted by Gasteiger charge is 1.96. The second-order valence-electron chi connectivity index (χ2n) is 10.7. The van der Waals surface area contributed by atoms with Crippen LogP contribution in [0.25, 0.3) is 0 Å². The van der Waals surface area contributed by atoms with Gasteiger partial charge >= 0.3 is 0 Å². The van der Waals surface area contributed by atoms with Crippen LogP contribution in [0.2, 0.25) is 0 Å². The summed E-state index contributed by atoms with van der Waals surface area (Å²) in [5, 5.41) is 8.58. The molecule has 7 nitrogen and oxygen atoms in total. The lowest BCUT2D eigenvalue weighted by Crippen LogP contribution is -2.14. The number of hydrogen-bond donors (Lipinski definition) is 1. The number of unbranched alkanes of at least 4 members (excludes halogenated alkanes) is 16. The largest absolute Gasteiger partial charge is 0.394 e. The van der Waals surface area contributed by atoms with Crippen molar-refractivity contribution in [1.29, 1.82) is 0 Å². The van der Waals surface area contributed by atoms with Gasteiger partial charge in [0, 0.05) is 6.61 Å². The van der Waals surface area contributed by atoms with E-state index >= 15 is 0 Å². The Labute approximate surface area is 254 Å². The van der Waals surface area contributed by atoms with Gasteiger partial charge in [-0.2, -0.15) is 0 Å². The Hall–Kier alpha value is -0.540. The third kappa shape index (κ3) is 39.5. The van der Waals surface area contributed by atoms with E-state index in [1.165, 1.54) is 109 Å². The van der Waals surface area contributed by atoms with Gasteiger partial charge in [-0.3, -0.25) is 0 Å². The summed E-state index contributed by atoms with van der Waals surface area (Å²) in [5.41, 5.74) is 0. The minimum atomic E-state index is 0.0423. The van der Waals surface area contributed by atoms with Crippen LogP contribution in [0.15, 0.2) is 12.2 Å². The molecule has 0 spiro atoms. The molecular formula is C34H68O7. The predicted octanol–water partition coefficient (Wildman–Crippen LogP) is 7.68. The predicted molar refractivity (Wildman–Crippen MR) is 170 cm³/mol. The minimum Gasteiger partial charge on any atom is -0.394 e. The van der Waals surface area contributed by atoms with Crippen LogP contribution in [0.3, 0.4) is 0 Å². The molecule has 0 amide bonds. The van der Waals surface area contributed by atoms with Gasteiger partial charge < -0.3 is 33.5 Å². The maximum atomic E-state index is 8.58. The van der Waals surface area contributed by atoms with E-state index in [1.807, 2.05) is 0 Å². The standard InChI is InChI=1S/C34H68O7/c1-2-3-4-5-6-7-8-9-10-11-12-13-14-15-16-17-18-19-20-21-23-36-25-27-38-29-31-40-33-34-41-32-30-39-28-26-37-24-22-35/h9-10,35H,2-8,11-34H2,1H3/b10-9-. The summed E-state index contributed by atoms with van der Waals surface area (Å²) in [6.07, 6.45) is 29.2. The molecule has 0 aliphatic carbocycles. The summed E-state index contributed by atoms with van der Waals surface area (Å²) in [6, 6.07) is 0. The molecule has 0 aliphatic heterocycles. The molecule has 0 saturated carbocycles. The zero-order valence-electron chi connectivity index (χ0n) is 27.0. The van der Waals surface area contributed by atoms with Crippen LogP contribution in [-0.4, -0.2) is 91.0 Å². The first kappa shape index (κ1) is 40.5. The normalized spacial score (nSPS) is 11.8. The van der Waals surface area contributed by atoms with Crippen LogP contribution in [-0.2, 0) is 28.4 Å². The first-order valence-corrected chi connectivity index (χ1v) is 17.1. The average molecular weight is 589 g/mol. The van der Waals surface area contributed by atoms with Crippen molar-refractivity contribution in [2.75, 3.05) is 85.9 Å². The fourth-order valence-corrected chi connectivity index (χ4v) is 4.42. The molecule has 0 saturated heterocycles. The molecule has 41 heavy (non-hydrogen) atoms. The average Bonchev–Trinajstić information content (AvgIpc) is 2.98. The number of aliphatic hydroxyl groups is 1. The van der Waals surface area contributed by atoms with Gasteiger partial charge in [0.1, 0.15) is 0 Å². The lowest BCUT2D eigenvalue weighted by atomic mass is 10.1.